The highest BCUT2D eigenvalue weighted by Crippen LogP contribution is 2.29. The van der Waals surface area contributed by atoms with Gasteiger partial charge in [0.2, 0.25) is 11.8 Å². The number of nitrogens with zero attached hydrogens (tertiary/aromatic N) is 5. The average molecular weight is 392 g/mol. The molecule has 0 bridgehead atoms. The normalized spacial score (nSPS) is 16.6. The third-order valence-electron chi connectivity index (χ3n) is 5.90. The summed E-state index contributed by atoms with van der Waals surface area (Å²) < 4.78 is 7.60. The number of hydrogen-bond acceptors (Lipinski definition) is 6. The van der Waals surface area contributed by atoms with Gasteiger partial charge in [0.25, 0.3) is 0 Å². The molecule has 0 aromatic carbocycles. The molecule has 1 atom stereocenters. The number of likely N-dealkylation sites (tertiary alicyclic amines) is 1. The molecule has 1 amide bonds. The van der Waals surface area contributed by atoms with Crippen LogP contribution in [0.5, 0.6) is 0 Å². The molecule has 3 aromatic heterocycles. The van der Waals surface area contributed by atoms with E-state index in [0.29, 0.717) is 17.2 Å². The second-order valence-corrected chi connectivity index (χ2v) is 7.56. The fourth-order valence-corrected chi connectivity index (χ4v) is 3.92. The number of carbonyl (C=O) groups excluding carboxylic acids is 1. The molecule has 0 saturated carbocycles. The molecule has 29 heavy (non-hydrogen) atoms. The predicted octanol–water partition coefficient (Wildman–Crippen LogP) is 3.02. The molecule has 1 aliphatic heterocycles. The number of nitriles is 1. The van der Waals surface area contributed by atoms with Gasteiger partial charge in [-0.25, -0.2) is 0 Å². The van der Waals surface area contributed by atoms with Crippen molar-refractivity contribution in [3.05, 3.63) is 47.1 Å². The van der Waals surface area contributed by atoms with Gasteiger partial charge in [0.15, 0.2) is 5.65 Å². The molecule has 0 aliphatic carbocycles. The molecule has 8 nitrogen and oxygen atoms in total. The van der Waals surface area contributed by atoms with Gasteiger partial charge in [-0.15, -0.1) is 10.2 Å². The Kier molecular flexibility index (Phi) is 5.07. The maximum Gasteiger partial charge on any atom is 0.243 e. The fraction of sp³-hybridized carbons (Fsp3) is 0.429. The van der Waals surface area contributed by atoms with Crippen LogP contribution in [0.2, 0.25) is 0 Å². The predicted molar refractivity (Wildman–Crippen MR) is 108 cm³/mol. The van der Waals surface area contributed by atoms with E-state index in [0.717, 1.165) is 43.0 Å². The van der Waals surface area contributed by atoms with Crippen LogP contribution in [0, 0.1) is 25.2 Å². The summed E-state index contributed by atoms with van der Waals surface area (Å²) in [6, 6.07) is 7.68. The molecule has 0 radical (unpaired) electrons. The summed E-state index contributed by atoms with van der Waals surface area (Å²) in [5, 5.41) is 20.7. The van der Waals surface area contributed by atoms with E-state index in [4.69, 9.17) is 4.42 Å². The zero-order chi connectivity index (χ0) is 20.5. The van der Waals surface area contributed by atoms with E-state index < -0.39 is 0 Å². The number of pyridine rings is 1. The van der Waals surface area contributed by atoms with Crippen molar-refractivity contribution < 1.29 is 9.21 Å². The van der Waals surface area contributed by atoms with Crippen molar-refractivity contribution in [2.45, 2.75) is 45.6 Å². The van der Waals surface area contributed by atoms with Crippen molar-refractivity contribution in [3.8, 4) is 6.07 Å². The van der Waals surface area contributed by atoms with Crippen molar-refractivity contribution >= 4 is 17.4 Å². The first-order valence-corrected chi connectivity index (χ1v) is 9.84. The summed E-state index contributed by atoms with van der Waals surface area (Å²) in [6.07, 6.45) is 3.82. The summed E-state index contributed by atoms with van der Waals surface area (Å²) >= 11 is 0. The lowest BCUT2D eigenvalue weighted by Crippen LogP contribution is -2.46. The third kappa shape index (κ3) is 3.49. The minimum Gasteiger partial charge on any atom is -0.444 e. The molecule has 3 aromatic rings. The van der Waals surface area contributed by atoms with Gasteiger partial charge in [0, 0.05) is 17.7 Å². The van der Waals surface area contributed by atoms with Crippen LogP contribution in [0.1, 0.15) is 48.4 Å². The van der Waals surface area contributed by atoms with Crippen molar-refractivity contribution in [3.63, 3.8) is 0 Å². The molecule has 150 valence electrons. The number of furan rings is 1. The zero-order valence-electron chi connectivity index (χ0n) is 16.8. The van der Waals surface area contributed by atoms with Gasteiger partial charge < -0.3 is 4.42 Å². The molecule has 1 fully saturated rings. The molecule has 1 saturated heterocycles. The number of hydrogen-bond donors (Lipinski definition) is 1. The fourth-order valence-electron chi connectivity index (χ4n) is 3.92. The van der Waals surface area contributed by atoms with Crippen LogP contribution in [0.4, 0.5) is 5.88 Å². The SMILES string of the molecule is Cc1oc(NC(=O)C(C)N2CCC(c3nnc4ccccn34)CC2)c(C#N)c1C. The Balaban J connectivity index is 1.40. The number of aromatic nitrogens is 3. The first kappa shape index (κ1) is 19.2. The zero-order valence-corrected chi connectivity index (χ0v) is 16.8. The summed E-state index contributed by atoms with van der Waals surface area (Å²) in [7, 11) is 0. The largest absolute Gasteiger partial charge is 0.444 e. The molecule has 1 unspecified atom stereocenters. The van der Waals surface area contributed by atoms with Crippen LogP contribution < -0.4 is 5.32 Å². The Labute approximate surface area is 169 Å². The number of anilines is 1. The molecule has 4 heterocycles. The van der Waals surface area contributed by atoms with Crippen molar-refractivity contribution in [2.24, 2.45) is 0 Å². The van der Waals surface area contributed by atoms with Crippen LogP contribution in [-0.2, 0) is 4.79 Å². The van der Waals surface area contributed by atoms with E-state index in [1.54, 1.807) is 6.92 Å². The second-order valence-electron chi connectivity index (χ2n) is 7.56. The Morgan fingerprint density at radius 3 is 2.79 bits per heavy atom. The van der Waals surface area contributed by atoms with Gasteiger partial charge in [0.05, 0.1) is 6.04 Å². The van der Waals surface area contributed by atoms with Gasteiger partial charge >= 0.3 is 0 Å². The topological polar surface area (TPSA) is 99.5 Å². The molecule has 1 aliphatic rings. The second kappa shape index (κ2) is 7.68. The molecule has 0 spiro atoms. The van der Waals surface area contributed by atoms with Crippen LogP contribution in [0.3, 0.4) is 0 Å². The standard InChI is InChI=1S/C21H24N6O2/c1-13-15(3)29-21(17(13)12-22)23-20(28)14(2)26-10-7-16(8-11-26)19-25-24-18-6-4-5-9-27(18)19/h4-6,9,14,16H,7-8,10-11H2,1-3H3,(H,23,28). The molecule has 8 heteroatoms. The Morgan fingerprint density at radius 1 is 1.31 bits per heavy atom. The van der Waals surface area contributed by atoms with Gasteiger partial charge in [0.1, 0.15) is 23.2 Å². The Bertz CT molecular complexity index is 1080. The lowest BCUT2D eigenvalue weighted by atomic mass is 9.95. The first-order chi connectivity index (χ1) is 14.0. The summed E-state index contributed by atoms with van der Waals surface area (Å²) in [5.74, 6) is 2.02. The number of piperidine rings is 1. The summed E-state index contributed by atoms with van der Waals surface area (Å²) in [5.41, 5.74) is 2.01. The number of aryl methyl sites for hydroxylation is 1. The highest BCUT2D eigenvalue weighted by Gasteiger charge is 2.30. The van der Waals surface area contributed by atoms with Crippen molar-refractivity contribution in [1.29, 1.82) is 5.26 Å². The van der Waals surface area contributed by atoms with Crippen LogP contribution in [0.15, 0.2) is 28.8 Å². The Hall–Kier alpha value is -3.18. The number of amides is 1. The average Bonchev–Trinajstić information content (AvgIpc) is 3.28. The monoisotopic (exact) mass is 392 g/mol. The van der Waals surface area contributed by atoms with Crippen LogP contribution >= 0.6 is 0 Å². The van der Waals surface area contributed by atoms with E-state index in [9.17, 15) is 10.1 Å². The smallest absolute Gasteiger partial charge is 0.243 e. The molecule has 1 N–H and O–H groups in total. The summed E-state index contributed by atoms with van der Waals surface area (Å²) in [6.45, 7) is 7.07. The van der Waals surface area contributed by atoms with Gasteiger partial charge in [-0.3, -0.25) is 19.4 Å². The highest BCUT2D eigenvalue weighted by atomic mass is 16.4. The minimum absolute atomic E-state index is 0.165. The molecular weight excluding hydrogens is 368 g/mol. The quantitative estimate of drug-likeness (QED) is 0.733. The van der Waals surface area contributed by atoms with Gasteiger partial charge in [-0.1, -0.05) is 6.07 Å². The van der Waals surface area contributed by atoms with E-state index in [1.807, 2.05) is 42.6 Å². The van der Waals surface area contributed by atoms with E-state index in [-0.39, 0.29) is 17.8 Å². The minimum atomic E-state index is -0.316. The number of fused-ring (bicyclic) bond motifs is 1. The first-order valence-electron chi connectivity index (χ1n) is 9.84. The maximum absolute atomic E-state index is 12.7. The van der Waals surface area contributed by atoms with Gasteiger partial charge in [-0.05, 0) is 58.8 Å². The molecule has 4 rings (SSSR count). The van der Waals surface area contributed by atoms with Crippen molar-refractivity contribution in [1.82, 2.24) is 19.5 Å². The number of nitrogens with one attached hydrogen (secondary N) is 1. The lowest BCUT2D eigenvalue weighted by Gasteiger charge is -2.34. The number of rotatable bonds is 4. The van der Waals surface area contributed by atoms with Crippen molar-refractivity contribution in [2.75, 3.05) is 18.4 Å². The summed E-state index contributed by atoms with van der Waals surface area (Å²) in [4.78, 5) is 14.9. The third-order valence-corrected chi connectivity index (χ3v) is 5.90. The molecular formula is C21H24N6O2. The van der Waals surface area contributed by atoms with E-state index >= 15 is 0 Å². The van der Waals surface area contributed by atoms with Gasteiger partial charge in [-0.2, -0.15) is 5.26 Å². The van der Waals surface area contributed by atoms with Crippen LogP contribution in [0.25, 0.3) is 5.65 Å². The Morgan fingerprint density at radius 2 is 2.07 bits per heavy atom. The highest BCUT2D eigenvalue weighted by molar-refractivity contribution is 5.94. The van der Waals surface area contributed by atoms with E-state index in [1.165, 1.54) is 0 Å². The number of carbonyl (C=O) groups is 1. The van der Waals surface area contributed by atoms with Crippen LogP contribution in [-0.4, -0.2) is 44.5 Å². The van der Waals surface area contributed by atoms with E-state index in [2.05, 4.69) is 26.5 Å². The maximum atomic E-state index is 12.7. The lowest BCUT2D eigenvalue weighted by molar-refractivity contribution is -0.121.